The van der Waals surface area contributed by atoms with E-state index < -0.39 is 46.9 Å². The van der Waals surface area contributed by atoms with E-state index in [1.165, 1.54) is 4.90 Å². The van der Waals surface area contributed by atoms with Gasteiger partial charge in [-0.15, -0.1) is 0 Å². The highest BCUT2D eigenvalue weighted by atomic mass is 19.2. The number of hydrogen-bond acceptors (Lipinski definition) is 3. The molecule has 1 aromatic carbocycles. The third-order valence-corrected chi connectivity index (χ3v) is 4.52. The van der Waals surface area contributed by atoms with Crippen molar-refractivity contribution in [3.8, 4) is 0 Å². The van der Waals surface area contributed by atoms with Gasteiger partial charge in [-0.05, 0) is 12.5 Å². The van der Waals surface area contributed by atoms with Crippen LogP contribution in [0.25, 0.3) is 0 Å². The number of piperazine rings is 2. The van der Waals surface area contributed by atoms with E-state index in [1.807, 2.05) is 0 Å². The van der Waals surface area contributed by atoms with E-state index in [0.717, 1.165) is 4.90 Å². The number of fused-ring (bicyclic) bond motifs is 1. The average Bonchev–Trinajstić information content (AvgIpc) is 2.60. The van der Waals surface area contributed by atoms with Crippen LogP contribution in [-0.4, -0.2) is 59.2 Å². The van der Waals surface area contributed by atoms with Gasteiger partial charge in [0.05, 0.1) is 12.1 Å². The van der Waals surface area contributed by atoms with E-state index in [2.05, 4.69) is 5.32 Å². The molecule has 0 saturated carbocycles. The first-order valence-electron chi connectivity index (χ1n) is 7.88. The second kappa shape index (κ2) is 6.38. The van der Waals surface area contributed by atoms with E-state index >= 15 is 0 Å². The fraction of sp³-hybridized carbons (Fsp3) is 0.438. The van der Waals surface area contributed by atoms with Crippen LogP contribution in [-0.2, 0) is 9.59 Å². The molecule has 6 nitrogen and oxygen atoms in total. The van der Waals surface area contributed by atoms with Crippen LogP contribution in [0, 0.1) is 17.5 Å². The Morgan fingerprint density at radius 3 is 2.52 bits per heavy atom. The number of nitrogens with zero attached hydrogens (tertiary/aromatic N) is 2. The first-order valence-corrected chi connectivity index (χ1v) is 7.88. The van der Waals surface area contributed by atoms with Gasteiger partial charge in [-0.1, -0.05) is 6.92 Å². The smallest absolute Gasteiger partial charge is 0.257 e. The van der Waals surface area contributed by atoms with Gasteiger partial charge in [-0.25, -0.2) is 13.2 Å². The number of hydrogen-bond donors (Lipinski definition) is 1. The lowest BCUT2D eigenvalue weighted by Gasteiger charge is -2.45. The molecule has 2 heterocycles. The second-order valence-electron chi connectivity index (χ2n) is 6.01. The largest absolute Gasteiger partial charge is 0.342 e. The molecule has 0 aliphatic carbocycles. The molecular weight excluding hydrogens is 339 g/mol. The molecule has 2 aliphatic rings. The van der Waals surface area contributed by atoms with E-state index in [9.17, 15) is 27.6 Å². The van der Waals surface area contributed by atoms with Crippen LogP contribution in [0.2, 0.25) is 0 Å². The standard InChI is InChI=1S/C16H16F3N3O3/c1-2-12-16(25)22-4-3-21(7-13(22)14(23)20-12)15(24)8-5-10(18)11(19)6-9(8)17/h5-6,12-13H,2-4,7H2,1H3,(H,20,23)/t12-,13+/m0/s1. The van der Waals surface area contributed by atoms with Gasteiger partial charge < -0.3 is 15.1 Å². The molecule has 134 valence electrons. The zero-order valence-corrected chi connectivity index (χ0v) is 13.4. The fourth-order valence-corrected chi connectivity index (χ4v) is 3.12. The molecule has 2 saturated heterocycles. The minimum atomic E-state index is -1.39. The van der Waals surface area contributed by atoms with Crippen LogP contribution in [0.3, 0.4) is 0 Å². The van der Waals surface area contributed by atoms with Crippen LogP contribution in [0.5, 0.6) is 0 Å². The van der Waals surface area contributed by atoms with Crippen LogP contribution in [0.4, 0.5) is 13.2 Å². The van der Waals surface area contributed by atoms with Gasteiger partial charge in [-0.2, -0.15) is 0 Å². The SMILES string of the molecule is CC[C@@H]1NC(=O)[C@H]2CN(C(=O)c3cc(F)c(F)cc3F)CCN2C1=O. The van der Waals surface area contributed by atoms with Gasteiger partial charge in [0.25, 0.3) is 5.91 Å². The van der Waals surface area contributed by atoms with Gasteiger partial charge in [0, 0.05) is 19.2 Å². The van der Waals surface area contributed by atoms with Gasteiger partial charge in [0.2, 0.25) is 11.8 Å². The molecule has 2 fully saturated rings. The van der Waals surface area contributed by atoms with Crippen molar-refractivity contribution in [3.63, 3.8) is 0 Å². The Morgan fingerprint density at radius 1 is 1.16 bits per heavy atom. The number of carbonyl (C=O) groups is 3. The van der Waals surface area contributed by atoms with E-state index in [4.69, 9.17) is 0 Å². The molecular formula is C16H16F3N3O3. The Hall–Kier alpha value is -2.58. The molecule has 3 rings (SSSR count). The molecule has 0 unspecified atom stereocenters. The Kier molecular flexibility index (Phi) is 4.40. The lowest BCUT2D eigenvalue weighted by molar-refractivity contribution is -0.152. The molecule has 0 radical (unpaired) electrons. The summed E-state index contributed by atoms with van der Waals surface area (Å²) in [6.45, 7) is 1.83. The minimum absolute atomic E-state index is 0.0726. The Labute approximate surface area is 141 Å². The highest BCUT2D eigenvalue weighted by Gasteiger charge is 2.43. The number of carbonyl (C=O) groups excluding carboxylic acids is 3. The third-order valence-electron chi connectivity index (χ3n) is 4.52. The van der Waals surface area contributed by atoms with Crippen molar-refractivity contribution < 1.29 is 27.6 Å². The topological polar surface area (TPSA) is 69.7 Å². The summed E-state index contributed by atoms with van der Waals surface area (Å²) in [5.41, 5.74) is -0.610. The molecule has 0 spiro atoms. The maximum absolute atomic E-state index is 13.8. The molecule has 0 bridgehead atoms. The lowest BCUT2D eigenvalue weighted by atomic mass is 10.0. The Bertz CT molecular complexity index is 756. The van der Waals surface area contributed by atoms with Gasteiger partial charge in [0.15, 0.2) is 11.6 Å². The summed E-state index contributed by atoms with van der Waals surface area (Å²) in [5, 5.41) is 2.59. The number of rotatable bonds is 2. The highest BCUT2D eigenvalue weighted by molar-refractivity contribution is 5.99. The van der Waals surface area contributed by atoms with Crippen LogP contribution in [0.15, 0.2) is 12.1 Å². The fourth-order valence-electron chi connectivity index (χ4n) is 3.12. The summed E-state index contributed by atoms with van der Waals surface area (Å²) in [6.07, 6.45) is 0.455. The second-order valence-corrected chi connectivity index (χ2v) is 6.01. The van der Waals surface area contributed by atoms with Crippen molar-refractivity contribution in [2.45, 2.75) is 25.4 Å². The quantitative estimate of drug-likeness (QED) is 0.793. The molecule has 0 aromatic heterocycles. The van der Waals surface area contributed by atoms with E-state index in [-0.39, 0.29) is 25.5 Å². The molecule has 2 aliphatic heterocycles. The van der Waals surface area contributed by atoms with E-state index in [1.54, 1.807) is 6.92 Å². The van der Waals surface area contributed by atoms with Crippen molar-refractivity contribution in [2.75, 3.05) is 19.6 Å². The number of benzene rings is 1. The number of nitrogens with one attached hydrogen (secondary N) is 1. The Balaban J connectivity index is 1.81. The first kappa shape index (κ1) is 17.2. The highest BCUT2D eigenvalue weighted by Crippen LogP contribution is 2.21. The summed E-state index contributed by atoms with van der Waals surface area (Å²) < 4.78 is 40.1. The van der Waals surface area contributed by atoms with Crippen molar-refractivity contribution >= 4 is 17.7 Å². The van der Waals surface area contributed by atoms with Crippen molar-refractivity contribution in [1.82, 2.24) is 15.1 Å². The molecule has 2 atom stereocenters. The van der Waals surface area contributed by atoms with Crippen LogP contribution < -0.4 is 5.32 Å². The summed E-state index contributed by atoms with van der Waals surface area (Å²) in [6, 6.07) is -0.656. The van der Waals surface area contributed by atoms with E-state index in [0.29, 0.717) is 18.6 Å². The monoisotopic (exact) mass is 355 g/mol. The summed E-state index contributed by atoms with van der Waals surface area (Å²) in [4.78, 5) is 39.5. The van der Waals surface area contributed by atoms with Gasteiger partial charge in [-0.3, -0.25) is 14.4 Å². The summed E-state index contributed by atoms with van der Waals surface area (Å²) >= 11 is 0. The van der Waals surface area contributed by atoms with Crippen molar-refractivity contribution in [2.24, 2.45) is 0 Å². The lowest BCUT2D eigenvalue weighted by Crippen LogP contribution is -2.69. The molecule has 25 heavy (non-hydrogen) atoms. The van der Waals surface area contributed by atoms with Crippen LogP contribution in [0.1, 0.15) is 23.7 Å². The zero-order valence-electron chi connectivity index (χ0n) is 13.4. The normalized spacial score (nSPS) is 23.4. The zero-order chi connectivity index (χ0) is 18.3. The predicted molar refractivity (Wildman–Crippen MR) is 79.9 cm³/mol. The summed E-state index contributed by atoms with van der Waals surface area (Å²) in [5.74, 6) is -5.37. The third kappa shape index (κ3) is 2.94. The molecule has 3 amide bonds. The maximum Gasteiger partial charge on any atom is 0.257 e. The predicted octanol–water partition coefficient (Wildman–Crippen LogP) is 0.665. The molecule has 9 heteroatoms. The number of halogens is 3. The number of amides is 3. The van der Waals surface area contributed by atoms with Crippen molar-refractivity contribution in [3.05, 3.63) is 35.1 Å². The molecule has 1 N–H and O–H groups in total. The Morgan fingerprint density at radius 2 is 1.84 bits per heavy atom. The minimum Gasteiger partial charge on any atom is -0.342 e. The summed E-state index contributed by atoms with van der Waals surface area (Å²) in [7, 11) is 0. The van der Waals surface area contributed by atoms with Gasteiger partial charge >= 0.3 is 0 Å². The maximum atomic E-state index is 13.8. The molecule has 1 aromatic rings. The van der Waals surface area contributed by atoms with Crippen LogP contribution >= 0.6 is 0 Å². The first-order chi connectivity index (χ1) is 11.8. The average molecular weight is 355 g/mol. The van der Waals surface area contributed by atoms with Crippen molar-refractivity contribution in [1.29, 1.82) is 0 Å². The van der Waals surface area contributed by atoms with Gasteiger partial charge in [0.1, 0.15) is 17.9 Å².